The molecule has 1 saturated heterocycles. The molecular formula is C19H38N2. The number of rotatable bonds is 7. The molecule has 0 bridgehead atoms. The van der Waals surface area contributed by atoms with Gasteiger partial charge in [-0.3, -0.25) is 4.90 Å². The molecule has 1 N–H and O–H groups in total. The highest BCUT2D eigenvalue weighted by atomic mass is 15.2. The molecule has 0 aromatic heterocycles. The summed E-state index contributed by atoms with van der Waals surface area (Å²) in [6.45, 7) is 9.84. The standard InChI is InChI=1S/C19H38N2/c1-3-14-20-16-19(12-8-6-9-13-19)17-21-15-10-5-7-11-18(21)4-2/h18,20H,3-17H2,1-2H3. The molecule has 2 nitrogen and oxygen atoms in total. The smallest absolute Gasteiger partial charge is 0.00928 e. The summed E-state index contributed by atoms with van der Waals surface area (Å²) in [7, 11) is 0. The van der Waals surface area contributed by atoms with Crippen LogP contribution >= 0.6 is 0 Å². The molecule has 0 aromatic carbocycles. The van der Waals surface area contributed by atoms with Gasteiger partial charge in [0.05, 0.1) is 0 Å². The maximum Gasteiger partial charge on any atom is 0.00928 e. The molecule has 0 spiro atoms. The first-order valence-electron chi connectivity index (χ1n) is 9.74. The van der Waals surface area contributed by atoms with Gasteiger partial charge in [0.15, 0.2) is 0 Å². The fraction of sp³-hybridized carbons (Fsp3) is 1.00. The largest absolute Gasteiger partial charge is 0.316 e. The Balaban J connectivity index is 1.98. The Bertz CT molecular complexity index is 271. The molecule has 2 aliphatic rings. The van der Waals surface area contributed by atoms with Crippen LogP contribution < -0.4 is 5.32 Å². The number of likely N-dealkylation sites (tertiary alicyclic amines) is 1. The van der Waals surface area contributed by atoms with Crippen LogP contribution in [0.5, 0.6) is 0 Å². The van der Waals surface area contributed by atoms with E-state index in [2.05, 4.69) is 24.1 Å². The lowest BCUT2D eigenvalue weighted by atomic mass is 9.73. The van der Waals surface area contributed by atoms with Crippen molar-refractivity contribution < 1.29 is 0 Å². The predicted octanol–water partition coefficient (Wildman–Crippen LogP) is 4.59. The van der Waals surface area contributed by atoms with Gasteiger partial charge in [-0.25, -0.2) is 0 Å². The lowest BCUT2D eigenvalue weighted by Gasteiger charge is -2.43. The summed E-state index contributed by atoms with van der Waals surface area (Å²) in [5.74, 6) is 0. The van der Waals surface area contributed by atoms with Crippen LogP contribution in [0.1, 0.15) is 84.5 Å². The lowest BCUT2D eigenvalue weighted by molar-refractivity contribution is 0.0743. The third-order valence-corrected chi connectivity index (χ3v) is 5.85. The van der Waals surface area contributed by atoms with Crippen LogP contribution in [-0.4, -0.2) is 37.1 Å². The highest BCUT2D eigenvalue weighted by Gasteiger charge is 2.35. The highest BCUT2D eigenvalue weighted by molar-refractivity contribution is 4.90. The second-order valence-electron chi connectivity index (χ2n) is 7.62. The van der Waals surface area contributed by atoms with E-state index in [0.29, 0.717) is 5.41 Å². The van der Waals surface area contributed by atoms with E-state index < -0.39 is 0 Å². The van der Waals surface area contributed by atoms with E-state index in [1.807, 2.05) is 0 Å². The Kier molecular flexibility index (Phi) is 7.53. The summed E-state index contributed by atoms with van der Waals surface area (Å²) < 4.78 is 0. The minimum atomic E-state index is 0.575. The molecule has 1 saturated carbocycles. The Morgan fingerprint density at radius 1 is 1.00 bits per heavy atom. The second-order valence-corrected chi connectivity index (χ2v) is 7.62. The SMILES string of the molecule is CCCNCC1(CN2CCCCCC2CC)CCCCC1. The van der Waals surface area contributed by atoms with Gasteiger partial charge < -0.3 is 5.32 Å². The monoisotopic (exact) mass is 294 g/mol. The van der Waals surface area contributed by atoms with Gasteiger partial charge in [0.2, 0.25) is 0 Å². The zero-order valence-corrected chi connectivity index (χ0v) is 14.6. The average Bonchev–Trinajstić information content (AvgIpc) is 2.73. The topological polar surface area (TPSA) is 15.3 Å². The number of hydrogen-bond acceptors (Lipinski definition) is 2. The molecule has 1 aliphatic heterocycles. The minimum absolute atomic E-state index is 0.575. The minimum Gasteiger partial charge on any atom is -0.316 e. The van der Waals surface area contributed by atoms with Crippen LogP contribution in [0.4, 0.5) is 0 Å². The Morgan fingerprint density at radius 3 is 2.48 bits per heavy atom. The Hall–Kier alpha value is -0.0800. The lowest BCUT2D eigenvalue weighted by Crippen LogP contribution is -2.48. The normalized spacial score (nSPS) is 27.4. The van der Waals surface area contributed by atoms with Gasteiger partial charge in [0.1, 0.15) is 0 Å². The van der Waals surface area contributed by atoms with Crippen LogP contribution in [0.25, 0.3) is 0 Å². The van der Waals surface area contributed by atoms with Gasteiger partial charge in [-0.2, -0.15) is 0 Å². The molecule has 1 atom stereocenters. The van der Waals surface area contributed by atoms with Gasteiger partial charge in [0, 0.05) is 19.1 Å². The van der Waals surface area contributed by atoms with Crippen LogP contribution in [0, 0.1) is 5.41 Å². The van der Waals surface area contributed by atoms with Crippen molar-refractivity contribution in [3.05, 3.63) is 0 Å². The van der Waals surface area contributed by atoms with Crippen molar-refractivity contribution in [1.29, 1.82) is 0 Å². The molecular weight excluding hydrogens is 256 g/mol. The third-order valence-electron chi connectivity index (χ3n) is 5.85. The van der Waals surface area contributed by atoms with Crippen LogP contribution in [0.15, 0.2) is 0 Å². The van der Waals surface area contributed by atoms with E-state index in [1.165, 1.54) is 96.8 Å². The van der Waals surface area contributed by atoms with Gasteiger partial charge in [-0.15, -0.1) is 0 Å². The molecule has 0 aromatic rings. The third kappa shape index (κ3) is 5.25. The summed E-state index contributed by atoms with van der Waals surface area (Å²) in [6, 6.07) is 0.859. The van der Waals surface area contributed by atoms with Crippen molar-refractivity contribution in [3.63, 3.8) is 0 Å². The molecule has 1 heterocycles. The quantitative estimate of drug-likeness (QED) is 0.691. The summed E-state index contributed by atoms with van der Waals surface area (Å²) in [5.41, 5.74) is 0.575. The fourth-order valence-corrected chi connectivity index (χ4v) is 4.56. The molecule has 2 rings (SSSR count). The second kappa shape index (κ2) is 9.15. The van der Waals surface area contributed by atoms with Gasteiger partial charge in [0.25, 0.3) is 0 Å². The van der Waals surface area contributed by atoms with Gasteiger partial charge >= 0.3 is 0 Å². The average molecular weight is 295 g/mol. The summed E-state index contributed by atoms with van der Waals surface area (Å²) in [6.07, 6.45) is 15.7. The van der Waals surface area contributed by atoms with E-state index in [9.17, 15) is 0 Å². The first kappa shape index (κ1) is 17.3. The molecule has 2 heteroatoms. The summed E-state index contributed by atoms with van der Waals surface area (Å²) in [5, 5.41) is 3.76. The fourth-order valence-electron chi connectivity index (χ4n) is 4.56. The van der Waals surface area contributed by atoms with Crippen LogP contribution in [-0.2, 0) is 0 Å². The first-order chi connectivity index (χ1) is 10.3. The first-order valence-corrected chi connectivity index (χ1v) is 9.74. The molecule has 2 fully saturated rings. The number of nitrogens with zero attached hydrogens (tertiary/aromatic N) is 1. The highest BCUT2D eigenvalue weighted by Crippen LogP contribution is 2.38. The predicted molar refractivity (Wildman–Crippen MR) is 92.8 cm³/mol. The van der Waals surface area contributed by atoms with Crippen molar-refractivity contribution in [2.24, 2.45) is 5.41 Å². The summed E-state index contributed by atoms with van der Waals surface area (Å²) >= 11 is 0. The van der Waals surface area contributed by atoms with E-state index in [1.54, 1.807) is 0 Å². The van der Waals surface area contributed by atoms with Crippen molar-refractivity contribution >= 4 is 0 Å². The van der Waals surface area contributed by atoms with Gasteiger partial charge in [-0.05, 0) is 57.0 Å². The maximum atomic E-state index is 3.76. The van der Waals surface area contributed by atoms with Crippen LogP contribution in [0.2, 0.25) is 0 Å². The van der Waals surface area contributed by atoms with E-state index >= 15 is 0 Å². The van der Waals surface area contributed by atoms with E-state index in [0.717, 1.165) is 6.04 Å². The molecule has 1 aliphatic carbocycles. The summed E-state index contributed by atoms with van der Waals surface area (Å²) in [4.78, 5) is 2.88. The molecule has 0 amide bonds. The zero-order valence-electron chi connectivity index (χ0n) is 14.6. The van der Waals surface area contributed by atoms with Crippen molar-refractivity contribution in [2.75, 3.05) is 26.2 Å². The van der Waals surface area contributed by atoms with E-state index in [4.69, 9.17) is 0 Å². The van der Waals surface area contributed by atoms with Crippen LogP contribution in [0.3, 0.4) is 0 Å². The Morgan fingerprint density at radius 2 is 1.76 bits per heavy atom. The van der Waals surface area contributed by atoms with Crippen molar-refractivity contribution in [1.82, 2.24) is 10.2 Å². The zero-order chi connectivity index (χ0) is 15.0. The molecule has 124 valence electrons. The molecule has 0 radical (unpaired) electrons. The maximum absolute atomic E-state index is 3.76. The van der Waals surface area contributed by atoms with E-state index in [-0.39, 0.29) is 0 Å². The van der Waals surface area contributed by atoms with Crippen molar-refractivity contribution in [3.8, 4) is 0 Å². The molecule has 21 heavy (non-hydrogen) atoms. The Labute approximate surface area is 133 Å². The number of nitrogens with one attached hydrogen (secondary N) is 1. The molecule has 1 unspecified atom stereocenters. The van der Waals surface area contributed by atoms with Gasteiger partial charge in [-0.1, -0.05) is 46.0 Å². The van der Waals surface area contributed by atoms with Crippen molar-refractivity contribution in [2.45, 2.75) is 90.5 Å². The number of hydrogen-bond donors (Lipinski definition) is 1.